The van der Waals surface area contributed by atoms with Crippen LogP contribution >= 0.6 is 11.3 Å². The van der Waals surface area contributed by atoms with Crippen molar-refractivity contribution in [2.75, 3.05) is 25.2 Å². The molecule has 1 N–H and O–H groups in total. The highest BCUT2D eigenvalue weighted by Crippen LogP contribution is 2.46. The van der Waals surface area contributed by atoms with Crippen LogP contribution in [0.4, 0.5) is 5.69 Å². The summed E-state index contributed by atoms with van der Waals surface area (Å²) in [5, 5.41) is 15.0. The lowest BCUT2D eigenvalue weighted by Crippen LogP contribution is -2.33. The third-order valence-corrected chi connectivity index (χ3v) is 6.58. The second-order valence-corrected chi connectivity index (χ2v) is 10.1. The number of ether oxygens (including phenoxy) is 2. The van der Waals surface area contributed by atoms with Gasteiger partial charge in [0.1, 0.15) is 12.4 Å². The van der Waals surface area contributed by atoms with Gasteiger partial charge in [-0.1, -0.05) is 51.1 Å². The van der Waals surface area contributed by atoms with Crippen LogP contribution in [0.3, 0.4) is 0 Å². The van der Waals surface area contributed by atoms with Gasteiger partial charge in [-0.3, -0.25) is 14.5 Å². The number of thiophene rings is 1. The molecule has 0 aliphatic carbocycles. The minimum Gasteiger partial charge on any atom is -0.503 e. The number of hydrogen-bond acceptors (Lipinski definition) is 6. The molecule has 0 bridgehead atoms. The molecule has 0 fully saturated rings. The van der Waals surface area contributed by atoms with Gasteiger partial charge in [-0.15, -0.1) is 0 Å². The highest BCUT2D eigenvalue weighted by atomic mass is 32.1. The van der Waals surface area contributed by atoms with Gasteiger partial charge in [0.2, 0.25) is 0 Å². The van der Waals surface area contributed by atoms with E-state index in [0.717, 1.165) is 11.1 Å². The van der Waals surface area contributed by atoms with Gasteiger partial charge in [0.05, 0.1) is 18.2 Å². The van der Waals surface area contributed by atoms with Crippen LogP contribution in [0.5, 0.6) is 5.75 Å². The predicted octanol–water partition coefficient (Wildman–Crippen LogP) is 5.96. The molecule has 0 saturated heterocycles. The van der Waals surface area contributed by atoms with E-state index in [1.165, 1.54) is 4.90 Å². The topological polar surface area (TPSA) is 76.1 Å². The Morgan fingerprint density at radius 3 is 2.37 bits per heavy atom. The number of ketones is 1. The van der Waals surface area contributed by atoms with E-state index in [0.29, 0.717) is 30.2 Å². The molecule has 1 aliphatic rings. The second kappa shape index (κ2) is 10.1. The van der Waals surface area contributed by atoms with Crippen molar-refractivity contribution in [2.24, 2.45) is 5.41 Å². The Morgan fingerprint density at radius 2 is 1.74 bits per heavy atom. The van der Waals surface area contributed by atoms with E-state index >= 15 is 0 Å². The lowest BCUT2D eigenvalue weighted by Gasteiger charge is -2.30. The van der Waals surface area contributed by atoms with Crippen LogP contribution in [0.1, 0.15) is 32.4 Å². The first-order valence-electron chi connectivity index (χ1n) is 11.4. The molecule has 0 saturated carbocycles. The zero-order valence-corrected chi connectivity index (χ0v) is 21.1. The quantitative estimate of drug-likeness (QED) is 0.394. The molecule has 3 aromatic rings. The minimum absolute atomic E-state index is 0.0761. The van der Waals surface area contributed by atoms with Crippen LogP contribution < -0.4 is 9.64 Å². The number of anilines is 1. The van der Waals surface area contributed by atoms with Crippen LogP contribution in [-0.2, 0) is 14.3 Å². The number of carbonyl (C=O) groups excluding carboxylic acids is 2. The fourth-order valence-electron chi connectivity index (χ4n) is 4.12. The highest BCUT2D eigenvalue weighted by molar-refractivity contribution is 7.08. The Balaban J connectivity index is 1.82. The maximum atomic E-state index is 13.5. The molecule has 1 aromatic heterocycles. The smallest absolute Gasteiger partial charge is 0.294 e. The molecule has 1 amide bonds. The van der Waals surface area contributed by atoms with Crippen molar-refractivity contribution in [1.29, 1.82) is 0 Å². The number of amides is 1. The Morgan fingerprint density at radius 1 is 1.03 bits per heavy atom. The van der Waals surface area contributed by atoms with E-state index in [1.54, 1.807) is 45.3 Å². The summed E-state index contributed by atoms with van der Waals surface area (Å²) in [5.74, 6) is -0.908. The van der Waals surface area contributed by atoms with Crippen molar-refractivity contribution < 1.29 is 24.2 Å². The number of rotatable bonds is 8. The van der Waals surface area contributed by atoms with Gasteiger partial charge < -0.3 is 14.6 Å². The predicted molar refractivity (Wildman–Crippen MR) is 138 cm³/mol. The first kappa shape index (κ1) is 24.7. The summed E-state index contributed by atoms with van der Waals surface area (Å²) in [5.41, 5.74) is 2.58. The minimum atomic E-state index is -0.833. The number of Topliss-reactive ketones (excluding diaryl/α,β-unsaturated/α-hetero) is 1. The molecule has 2 aromatic carbocycles. The van der Waals surface area contributed by atoms with Crippen LogP contribution in [0, 0.1) is 5.41 Å². The molecule has 4 rings (SSSR count). The number of methoxy groups -OCH3 is 1. The van der Waals surface area contributed by atoms with Crippen molar-refractivity contribution in [1.82, 2.24) is 0 Å². The van der Waals surface area contributed by atoms with Crippen molar-refractivity contribution in [3.8, 4) is 16.9 Å². The molecular weight excluding hydrogens is 462 g/mol. The Bertz CT molecular complexity index is 1240. The number of benzene rings is 2. The maximum absolute atomic E-state index is 13.5. The summed E-state index contributed by atoms with van der Waals surface area (Å²) in [6.07, 6.45) is 0. The second-order valence-electron chi connectivity index (χ2n) is 9.36. The van der Waals surface area contributed by atoms with Gasteiger partial charge in [0.25, 0.3) is 5.91 Å². The van der Waals surface area contributed by atoms with E-state index in [2.05, 4.69) is 5.38 Å². The van der Waals surface area contributed by atoms with Crippen molar-refractivity contribution in [3.63, 3.8) is 0 Å². The summed E-state index contributed by atoms with van der Waals surface area (Å²) in [4.78, 5) is 28.4. The first-order chi connectivity index (χ1) is 16.7. The molecule has 7 heteroatoms. The Kier molecular flexibility index (Phi) is 7.10. The van der Waals surface area contributed by atoms with E-state index < -0.39 is 23.1 Å². The molecule has 35 heavy (non-hydrogen) atoms. The SMILES string of the molecule is COCCOc1ccccc1C1C(C(=O)C(C)(C)C)=C(O)C(=O)N1c1ccc(-c2ccsc2)cc1. The lowest BCUT2D eigenvalue weighted by atomic mass is 9.82. The Labute approximate surface area is 209 Å². The molecule has 2 heterocycles. The van der Waals surface area contributed by atoms with Crippen LogP contribution in [-0.4, -0.2) is 37.1 Å². The van der Waals surface area contributed by atoms with Crippen molar-refractivity contribution >= 4 is 28.7 Å². The molecule has 6 nitrogen and oxygen atoms in total. The van der Waals surface area contributed by atoms with Gasteiger partial charge in [0.15, 0.2) is 11.5 Å². The molecule has 1 unspecified atom stereocenters. The average Bonchev–Trinajstić information content (AvgIpc) is 3.46. The average molecular weight is 492 g/mol. The third kappa shape index (κ3) is 4.88. The van der Waals surface area contributed by atoms with Crippen molar-refractivity contribution in [3.05, 3.63) is 82.3 Å². The fourth-order valence-corrected chi connectivity index (χ4v) is 4.78. The number of aliphatic hydroxyl groups excluding tert-OH is 1. The van der Waals surface area contributed by atoms with E-state index in [9.17, 15) is 14.7 Å². The van der Waals surface area contributed by atoms with Gasteiger partial charge in [-0.25, -0.2) is 0 Å². The highest BCUT2D eigenvalue weighted by Gasteiger charge is 2.47. The monoisotopic (exact) mass is 491 g/mol. The number of nitrogens with zero attached hydrogens (tertiary/aromatic N) is 1. The van der Waals surface area contributed by atoms with Gasteiger partial charge in [-0.05, 0) is 46.2 Å². The number of para-hydroxylation sites is 1. The zero-order valence-electron chi connectivity index (χ0n) is 20.3. The molecule has 0 radical (unpaired) electrons. The Hall–Kier alpha value is -3.42. The molecule has 1 atom stereocenters. The number of hydrogen-bond donors (Lipinski definition) is 1. The summed E-state index contributed by atoms with van der Waals surface area (Å²) < 4.78 is 11.1. The first-order valence-corrected chi connectivity index (χ1v) is 12.3. The molecule has 0 spiro atoms. The third-order valence-electron chi connectivity index (χ3n) is 5.89. The lowest BCUT2D eigenvalue weighted by molar-refractivity contribution is -0.123. The van der Waals surface area contributed by atoms with Gasteiger partial charge >= 0.3 is 0 Å². The van der Waals surface area contributed by atoms with Gasteiger partial charge in [0, 0.05) is 23.8 Å². The normalized spacial score (nSPS) is 16.2. The summed E-state index contributed by atoms with van der Waals surface area (Å²) in [6.45, 7) is 6.02. The number of aliphatic hydroxyl groups is 1. The van der Waals surface area contributed by atoms with Crippen molar-refractivity contribution in [2.45, 2.75) is 26.8 Å². The standard InChI is InChI=1S/C28H29NO5S/c1-28(2,3)26(31)23-24(21-7-5-6-8-22(21)34-15-14-33-4)29(27(32)25(23)30)20-11-9-18(10-12-20)19-13-16-35-17-19/h5-13,16-17,24,30H,14-15H2,1-4H3. The molecule has 182 valence electrons. The zero-order chi connectivity index (χ0) is 25.2. The van der Waals surface area contributed by atoms with E-state index in [1.807, 2.05) is 53.9 Å². The largest absolute Gasteiger partial charge is 0.503 e. The summed E-state index contributed by atoms with van der Waals surface area (Å²) >= 11 is 1.61. The molecule has 1 aliphatic heterocycles. The van der Waals surface area contributed by atoms with Crippen LogP contribution in [0.25, 0.3) is 11.1 Å². The number of carbonyl (C=O) groups is 2. The maximum Gasteiger partial charge on any atom is 0.294 e. The van der Waals surface area contributed by atoms with Gasteiger partial charge in [-0.2, -0.15) is 11.3 Å². The summed E-state index contributed by atoms with van der Waals surface area (Å²) in [7, 11) is 1.59. The van der Waals surface area contributed by atoms with Crippen LogP contribution in [0.15, 0.2) is 76.7 Å². The van der Waals surface area contributed by atoms with E-state index in [-0.39, 0.29) is 11.4 Å². The van der Waals surface area contributed by atoms with Crippen LogP contribution in [0.2, 0.25) is 0 Å². The fraction of sp³-hybridized carbons (Fsp3) is 0.286. The summed E-state index contributed by atoms with van der Waals surface area (Å²) in [6, 6.07) is 16.0. The van der Waals surface area contributed by atoms with E-state index in [4.69, 9.17) is 9.47 Å². The molecular formula is C28H29NO5S.